The Labute approximate surface area is 169 Å². The molecule has 0 spiro atoms. The summed E-state index contributed by atoms with van der Waals surface area (Å²) in [5, 5.41) is 0. The molecule has 158 valence electrons. The van der Waals surface area contributed by atoms with Crippen LogP contribution in [0.15, 0.2) is 24.3 Å². The van der Waals surface area contributed by atoms with E-state index in [1.165, 1.54) is 96.3 Å². The lowest BCUT2D eigenvalue weighted by molar-refractivity contribution is -0.137. The number of allylic oxidation sites excluding steroid dienone is 1. The third-order valence-corrected chi connectivity index (χ3v) is 5.00. The van der Waals surface area contributed by atoms with Crippen molar-refractivity contribution >= 4 is 5.97 Å². The molecule has 0 saturated carbocycles. The molecular weight excluding hydrogens is 332 g/mol. The van der Waals surface area contributed by atoms with Gasteiger partial charge in [-0.1, -0.05) is 108 Å². The van der Waals surface area contributed by atoms with Crippen molar-refractivity contribution < 1.29 is 9.53 Å². The van der Waals surface area contributed by atoms with Gasteiger partial charge in [-0.3, -0.25) is 0 Å². The third-order valence-electron chi connectivity index (χ3n) is 5.00. The van der Waals surface area contributed by atoms with E-state index in [4.69, 9.17) is 4.74 Å². The summed E-state index contributed by atoms with van der Waals surface area (Å²) in [5.74, 6) is -0.225. The number of hydrogen-bond acceptors (Lipinski definition) is 2. The first-order chi connectivity index (χ1) is 13.2. The van der Waals surface area contributed by atoms with Crippen LogP contribution in [0.4, 0.5) is 0 Å². The Balaban J connectivity index is 3.19. The molecule has 2 nitrogen and oxygen atoms in total. The minimum Gasteiger partial charge on any atom is -0.462 e. The van der Waals surface area contributed by atoms with Gasteiger partial charge in [0.2, 0.25) is 0 Å². The summed E-state index contributed by atoms with van der Waals surface area (Å²) in [6.07, 6.45) is 26.0. The lowest BCUT2D eigenvalue weighted by atomic mass is 10.0. The zero-order valence-electron chi connectivity index (χ0n) is 18.4. The number of ether oxygens (including phenoxy) is 1. The van der Waals surface area contributed by atoms with Crippen LogP contribution in [0, 0.1) is 0 Å². The Bertz CT molecular complexity index is 371. The summed E-state index contributed by atoms with van der Waals surface area (Å²) in [6.45, 7) is 8.46. The van der Waals surface area contributed by atoms with Crippen molar-refractivity contribution in [3.63, 3.8) is 0 Å². The molecule has 0 aliphatic rings. The largest absolute Gasteiger partial charge is 0.462 e. The second kappa shape index (κ2) is 21.3. The molecule has 0 atom stereocenters. The smallest absolute Gasteiger partial charge is 0.330 e. The molecule has 0 aromatic heterocycles. The Kier molecular flexibility index (Phi) is 20.4. The zero-order chi connectivity index (χ0) is 20.0. The van der Waals surface area contributed by atoms with Gasteiger partial charge in [0.25, 0.3) is 0 Å². The van der Waals surface area contributed by atoms with Gasteiger partial charge in [0.15, 0.2) is 0 Å². The molecule has 2 heteroatoms. The van der Waals surface area contributed by atoms with Gasteiger partial charge < -0.3 is 4.74 Å². The summed E-state index contributed by atoms with van der Waals surface area (Å²) in [7, 11) is 0. The highest BCUT2D eigenvalue weighted by Gasteiger charge is 1.97. The second-order valence-electron chi connectivity index (χ2n) is 8.02. The van der Waals surface area contributed by atoms with Crippen molar-refractivity contribution in [1.29, 1.82) is 0 Å². The van der Waals surface area contributed by atoms with Crippen molar-refractivity contribution in [2.45, 2.75) is 123 Å². The number of carbonyl (C=O) groups is 1. The Morgan fingerprint density at radius 2 is 1.22 bits per heavy atom. The van der Waals surface area contributed by atoms with Crippen LogP contribution >= 0.6 is 0 Å². The lowest BCUT2D eigenvalue weighted by Gasteiger charge is -2.03. The van der Waals surface area contributed by atoms with Crippen LogP contribution in [0.3, 0.4) is 0 Å². The molecular formula is C25H46O2. The maximum absolute atomic E-state index is 11.4. The Hall–Kier alpha value is -1.05. The molecule has 0 N–H and O–H groups in total. The van der Waals surface area contributed by atoms with Crippen molar-refractivity contribution in [1.82, 2.24) is 0 Å². The number of esters is 1. The number of hydrogen-bond donors (Lipinski definition) is 0. The van der Waals surface area contributed by atoms with Gasteiger partial charge in [0, 0.05) is 12.5 Å². The van der Waals surface area contributed by atoms with Gasteiger partial charge in [-0.25, -0.2) is 4.79 Å². The minimum absolute atomic E-state index is 0.225. The fourth-order valence-corrected chi connectivity index (χ4v) is 3.19. The maximum atomic E-state index is 11.4. The van der Waals surface area contributed by atoms with Gasteiger partial charge in [0.05, 0.1) is 6.61 Å². The van der Waals surface area contributed by atoms with Crippen molar-refractivity contribution in [2.24, 2.45) is 0 Å². The first kappa shape index (κ1) is 26.0. The average molecular weight is 379 g/mol. The normalized spacial score (nSPS) is 11.2. The van der Waals surface area contributed by atoms with E-state index >= 15 is 0 Å². The maximum Gasteiger partial charge on any atom is 0.330 e. The fraction of sp³-hybridized carbons (Fsp3) is 0.800. The Morgan fingerprint density at radius 3 is 1.67 bits per heavy atom. The number of carbonyl (C=O) groups excluding carboxylic acids is 1. The first-order valence-corrected chi connectivity index (χ1v) is 11.6. The third kappa shape index (κ3) is 22.9. The van der Waals surface area contributed by atoms with Gasteiger partial charge in [-0.15, -0.1) is 6.58 Å². The number of unbranched alkanes of at least 4 members (excludes halogenated alkanes) is 15. The van der Waals surface area contributed by atoms with Crippen molar-refractivity contribution in [3.05, 3.63) is 24.3 Å². The van der Waals surface area contributed by atoms with Gasteiger partial charge in [-0.2, -0.15) is 0 Å². The van der Waals surface area contributed by atoms with E-state index in [2.05, 4.69) is 13.5 Å². The number of rotatable bonds is 20. The van der Waals surface area contributed by atoms with E-state index in [0.29, 0.717) is 6.61 Å². The van der Waals surface area contributed by atoms with Gasteiger partial charge in [0.1, 0.15) is 0 Å². The fourth-order valence-electron chi connectivity index (χ4n) is 3.19. The molecule has 0 amide bonds. The molecule has 0 heterocycles. The zero-order valence-corrected chi connectivity index (χ0v) is 18.4. The van der Waals surface area contributed by atoms with Crippen LogP contribution in [0.2, 0.25) is 0 Å². The highest BCUT2D eigenvalue weighted by atomic mass is 16.5. The molecule has 0 aromatic rings. The molecule has 0 unspecified atom stereocenters. The van der Waals surface area contributed by atoms with Crippen LogP contribution < -0.4 is 0 Å². The van der Waals surface area contributed by atoms with E-state index < -0.39 is 0 Å². The topological polar surface area (TPSA) is 26.3 Å². The van der Waals surface area contributed by atoms with Gasteiger partial charge in [-0.05, 0) is 19.8 Å². The summed E-state index contributed by atoms with van der Waals surface area (Å²) in [4.78, 5) is 11.4. The van der Waals surface area contributed by atoms with E-state index in [1.54, 1.807) is 6.08 Å². The molecule has 0 rings (SSSR count). The highest BCUT2D eigenvalue weighted by molar-refractivity contribution is 5.81. The molecule has 0 saturated heterocycles. The van der Waals surface area contributed by atoms with Crippen LogP contribution in [-0.4, -0.2) is 12.6 Å². The summed E-state index contributed by atoms with van der Waals surface area (Å²) < 4.78 is 5.10. The van der Waals surface area contributed by atoms with E-state index in [1.807, 2.05) is 13.0 Å². The van der Waals surface area contributed by atoms with Crippen LogP contribution in [-0.2, 0) is 9.53 Å². The quantitative estimate of drug-likeness (QED) is 0.0921. The molecule has 0 bridgehead atoms. The predicted molar refractivity (Wildman–Crippen MR) is 119 cm³/mol. The molecule has 27 heavy (non-hydrogen) atoms. The second-order valence-corrected chi connectivity index (χ2v) is 8.02. The monoisotopic (exact) mass is 378 g/mol. The first-order valence-electron chi connectivity index (χ1n) is 11.6. The van der Waals surface area contributed by atoms with Crippen LogP contribution in [0.25, 0.3) is 0 Å². The lowest BCUT2D eigenvalue weighted by Crippen LogP contribution is -2.02. The molecule has 0 fully saturated rings. The standard InChI is InChI=1S/C25H46O2/c1-4-5-6-7-8-9-10-11-12-13-14-15-16-17-18-19-20-21-25(26)27-23-22-24(2)3/h20-21H,2,4-19,22-23H2,1,3H3. The summed E-state index contributed by atoms with van der Waals surface area (Å²) in [5.41, 5.74) is 1.05. The van der Waals surface area contributed by atoms with E-state index in [-0.39, 0.29) is 5.97 Å². The predicted octanol–water partition coefficient (Wildman–Crippen LogP) is 8.31. The SMILES string of the molecule is C=C(C)CCOC(=O)C=CCCCCCCCCCCCCCCCCC. The summed E-state index contributed by atoms with van der Waals surface area (Å²) in [6, 6.07) is 0. The van der Waals surface area contributed by atoms with E-state index in [0.717, 1.165) is 18.4 Å². The average Bonchev–Trinajstić information content (AvgIpc) is 2.64. The van der Waals surface area contributed by atoms with Gasteiger partial charge >= 0.3 is 5.97 Å². The minimum atomic E-state index is -0.225. The van der Waals surface area contributed by atoms with Crippen LogP contribution in [0.1, 0.15) is 123 Å². The Morgan fingerprint density at radius 1 is 0.778 bits per heavy atom. The van der Waals surface area contributed by atoms with Crippen LogP contribution in [0.5, 0.6) is 0 Å². The van der Waals surface area contributed by atoms with Crippen molar-refractivity contribution in [3.8, 4) is 0 Å². The molecule has 0 aliphatic carbocycles. The van der Waals surface area contributed by atoms with E-state index in [9.17, 15) is 4.79 Å². The molecule has 0 aromatic carbocycles. The summed E-state index contributed by atoms with van der Waals surface area (Å²) >= 11 is 0. The molecule has 0 aliphatic heterocycles. The molecule has 0 radical (unpaired) electrons. The highest BCUT2D eigenvalue weighted by Crippen LogP contribution is 2.13. The van der Waals surface area contributed by atoms with Crippen molar-refractivity contribution in [2.75, 3.05) is 6.61 Å².